The molecule has 0 saturated carbocycles. The van der Waals surface area contributed by atoms with Crippen LogP contribution in [0, 0.1) is 13.8 Å². The van der Waals surface area contributed by atoms with Crippen molar-refractivity contribution < 1.29 is 18.9 Å². The smallest absolute Gasteiger partial charge is 0.131 e. The zero-order chi connectivity index (χ0) is 23.5. The lowest BCUT2D eigenvalue weighted by Crippen LogP contribution is -2.32. The van der Waals surface area contributed by atoms with E-state index >= 15 is 0 Å². The van der Waals surface area contributed by atoms with Crippen LogP contribution in [0.1, 0.15) is 29.2 Å². The van der Waals surface area contributed by atoms with Gasteiger partial charge in [0.05, 0.1) is 13.2 Å². The minimum atomic E-state index is -0.181. The predicted octanol–water partition coefficient (Wildman–Crippen LogP) is 6.82. The number of benzene rings is 4. The maximum absolute atomic E-state index is 6.52. The van der Waals surface area contributed by atoms with Crippen LogP contribution < -0.4 is 14.2 Å². The first-order valence-electron chi connectivity index (χ1n) is 11.7. The van der Waals surface area contributed by atoms with Gasteiger partial charge in [0.2, 0.25) is 0 Å². The average Bonchev–Trinajstić information content (AvgIpc) is 3.27. The number of ether oxygens (including phenoxy) is 4. The maximum atomic E-state index is 6.52. The van der Waals surface area contributed by atoms with Gasteiger partial charge < -0.3 is 18.9 Å². The number of rotatable bonds is 7. The van der Waals surface area contributed by atoms with Crippen LogP contribution in [-0.4, -0.2) is 25.9 Å². The Morgan fingerprint density at radius 3 is 2.06 bits per heavy atom. The van der Waals surface area contributed by atoms with Crippen LogP contribution in [0.15, 0.2) is 84.9 Å². The van der Waals surface area contributed by atoms with Gasteiger partial charge in [0.1, 0.15) is 36.1 Å². The van der Waals surface area contributed by atoms with E-state index in [0.29, 0.717) is 6.61 Å². The predicted molar refractivity (Wildman–Crippen MR) is 135 cm³/mol. The van der Waals surface area contributed by atoms with Crippen LogP contribution in [0.4, 0.5) is 0 Å². The van der Waals surface area contributed by atoms with E-state index < -0.39 is 0 Å². The molecule has 1 heterocycles. The van der Waals surface area contributed by atoms with Gasteiger partial charge in [-0.05, 0) is 72.6 Å². The molecule has 4 aromatic carbocycles. The first kappa shape index (κ1) is 22.3. The molecule has 0 spiro atoms. The summed E-state index contributed by atoms with van der Waals surface area (Å²) in [5.41, 5.74) is 3.56. The summed E-state index contributed by atoms with van der Waals surface area (Å²) in [7, 11) is 1.69. The third-order valence-corrected chi connectivity index (χ3v) is 6.39. The normalized spacial score (nSPS) is 19.8. The molecule has 0 radical (unpaired) electrons. The Bertz CT molecular complexity index is 1250. The molecule has 0 bridgehead atoms. The van der Waals surface area contributed by atoms with Gasteiger partial charge in [-0.25, -0.2) is 0 Å². The van der Waals surface area contributed by atoms with Crippen LogP contribution in [0.3, 0.4) is 0 Å². The molecule has 4 aromatic rings. The fraction of sp³-hybridized carbons (Fsp3) is 0.267. The first-order valence-corrected chi connectivity index (χ1v) is 11.7. The molecule has 3 atom stereocenters. The zero-order valence-corrected chi connectivity index (χ0v) is 19.9. The number of hydrogen-bond acceptors (Lipinski definition) is 4. The van der Waals surface area contributed by atoms with E-state index in [0.717, 1.165) is 40.0 Å². The molecule has 174 valence electrons. The third-order valence-electron chi connectivity index (χ3n) is 6.39. The Hall–Kier alpha value is -3.50. The summed E-state index contributed by atoms with van der Waals surface area (Å²) in [4.78, 5) is 0. The average molecular weight is 455 g/mol. The Labute approximate surface area is 201 Å². The molecule has 1 fully saturated rings. The lowest BCUT2D eigenvalue weighted by Gasteiger charge is -2.20. The molecule has 0 N–H and O–H groups in total. The van der Waals surface area contributed by atoms with E-state index in [1.165, 1.54) is 11.1 Å². The lowest BCUT2D eigenvalue weighted by molar-refractivity contribution is -0.0107. The van der Waals surface area contributed by atoms with Crippen LogP contribution in [-0.2, 0) is 4.74 Å². The minimum Gasteiger partial charge on any atom is -0.497 e. The van der Waals surface area contributed by atoms with Gasteiger partial charge in [-0.1, -0.05) is 53.6 Å². The molecule has 1 saturated heterocycles. The van der Waals surface area contributed by atoms with Crippen molar-refractivity contribution in [2.45, 2.75) is 38.6 Å². The molecular weight excluding hydrogens is 424 g/mol. The van der Waals surface area contributed by atoms with Crippen molar-refractivity contribution in [3.63, 3.8) is 0 Å². The SMILES string of the molecule is COc1ccc2cc([C@H]3C[C@H](Oc4ccc(C)cc4)[C@@H](COc4ccc(C)cc4)O3)ccc2c1. The fourth-order valence-electron chi connectivity index (χ4n) is 4.38. The summed E-state index contributed by atoms with van der Waals surface area (Å²) < 4.78 is 24.4. The molecule has 1 aliphatic heterocycles. The monoisotopic (exact) mass is 454 g/mol. The summed E-state index contributed by atoms with van der Waals surface area (Å²) >= 11 is 0. The van der Waals surface area contributed by atoms with Crippen LogP contribution in [0.2, 0.25) is 0 Å². The highest BCUT2D eigenvalue weighted by Gasteiger charge is 2.38. The molecule has 4 nitrogen and oxygen atoms in total. The van der Waals surface area contributed by atoms with Gasteiger partial charge in [-0.2, -0.15) is 0 Å². The van der Waals surface area contributed by atoms with Gasteiger partial charge in [0.15, 0.2) is 0 Å². The molecule has 1 aliphatic rings. The Balaban J connectivity index is 1.36. The van der Waals surface area contributed by atoms with Gasteiger partial charge in [0, 0.05) is 6.42 Å². The zero-order valence-electron chi connectivity index (χ0n) is 19.9. The van der Waals surface area contributed by atoms with E-state index in [2.05, 4.69) is 68.4 Å². The maximum Gasteiger partial charge on any atom is 0.131 e. The number of hydrogen-bond donors (Lipinski definition) is 0. The van der Waals surface area contributed by atoms with Crippen molar-refractivity contribution in [3.8, 4) is 17.2 Å². The molecule has 5 rings (SSSR count). The Morgan fingerprint density at radius 1 is 0.735 bits per heavy atom. The van der Waals surface area contributed by atoms with Gasteiger partial charge in [-0.3, -0.25) is 0 Å². The molecular formula is C30H30O4. The van der Waals surface area contributed by atoms with Crippen molar-refractivity contribution in [3.05, 3.63) is 102 Å². The molecule has 4 heteroatoms. The summed E-state index contributed by atoms with van der Waals surface area (Å²) in [5.74, 6) is 2.55. The molecule has 0 unspecified atom stereocenters. The Kier molecular flexibility index (Phi) is 6.41. The van der Waals surface area contributed by atoms with Crippen molar-refractivity contribution in [2.24, 2.45) is 0 Å². The largest absolute Gasteiger partial charge is 0.497 e. The topological polar surface area (TPSA) is 36.9 Å². The van der Waals surface area contributed by atoms with E-state index in [4.69, 9.17) is 18.9 Å². The molecule has 0 aromatic heterocycles. The van der Waals surface area contributed by atoms with Gasteiger partial charge in [-0.15, -0.1) is 0 Å². The summed E-state index contributed by atoms with van der Waals surface area (Å²) in [6.45, 7) is 4.58. The molecule has 0 amide bonds. The Morgan fingerprint density at radius 2 is 1.35 bits per heavy atom. The number of fused-ring (bicyclic) bond motifs is 1. The second kappa shape index (κ2) is 9.78. The third kappa shape index (κ3) is 5.02. The highest BCUT2D eigenvalue weighted by molar-refractivity contribution is 5.84. The van der Waals surface area contributed by atoms with Crippen molar-refractivity contribution in [1.82, 2.24) is 0 Å². The summed E-state index contributed by atoms with van der Waals surface area (Å²) in [6, 6.07) is 28.9. The van der Waals surface area contributed by atoms with Gasteiger partial charge in [0.25, 0.3) is 0 Å². The standard InChI is InChI=1S/C30H30O4/c1-20-4-11-25(12-5-20)32-19-30-29(33-26-13-6-21(2)7-14-26)18-28(34-30)24-9-8-23-17-27(31-3)15-10-22(23)16-24/h4-17,28-30H,18-19H2,1-3H3/t28-,29+,30-/m1/s1. The fourth-order valence-corrected chi connectivity index (χ4v) is 4.38. The highest BCUT2D eigenvalue weighted by Crippen LogP contribution is 2.37. The van der Waals surface area contributed by atoms with Gasteiger partial charge >= 0.3 is 0 Å². The van der Waals surface area contributed by atoms with Crippen molar-refractivity contribution in [1.29, 1.82) is 0 Å². The quantitative estimate of drug-likeness (QED) is 0.307. The van der Waals surface area contributed by atoms with E-state index in [9.17, 15) is 0 Å². The second-order valence-corrected chi connectivity index (χ2v) is 8.96. The van der Waals surface area contributed by atoms with E-state index in [-0.39, 0.29) is 18.3 Å². The first-order chi connectivity index (χ1) is 16.6. The van der Waals surface area contributed by atoms with Crippen LogP contribution in [0.25, 0.3) is 10.8 Å². The summed E-state index contributed by atoms with van der Waals surface area (Å²) in [6.07, 6.45) is 0.412. The highest BCUT2D eigenvalue weighted by atomic mass is 16.6. The minimum absolute atomic E-state index is 0.0615. The van der Waals surface area contributed by atoms with Crippen LogP contribution in [0.5, 0.6) is 17.2 Å². The number of methoxy groups -OCH3 is 1. The molecule has 0 aliphatic carbocycles. The lowest BCUT2D eigenvalue weighted by atomic mass is 10.0. The van der Waals surface area contributed by atoms with E-state index in [1.54, 1.807) is 7.11 Å². The van der Waals surface area contributed by atoms with Crippen LogP contribution >= 0.6 is 0 Å². The van der Waals surface area contributed by atoms with Crippen molar-refractivity contribution in [2.75, 3.05) is 13.7 Å². The molecule has 34 heavy (non-hydrogen) atoms. The number of aryl methyl sites for hydroxylation is 2. The second-order valence-electron chi connectivity index (χ2n) is 8.96. The summed E-state index contributed by atoms with van der Waals surface area (Å²) in [5, 5.41) is 2.31. The van der Waals surface area contributed by atoms with E-state index in [1.807, 2.05) is 30.3 Å². The van der Waals surface area contributed by atoms with Crippen molar-refractivity contribution >= 4 is 10.8 Å².